The smallest absolute Gasteiger partial charge is 0.127 e. The Hall–Kier alpha value is -1.76. The van der Waals surface area contributed by atoms with Gasteiger partial charge in [0.25, 0.3) is 0 Å². The molecule has 0 saturated heterocycles. The highest BCUT2D eigenvalue weighted by Gasteiger charge is 1.97. The van der Waals surface area contributed by atoms with Gasteiger partial charge in [0.05, 0.1) is 0 Å². The molecule has 93 valence electrons. The fourth-order valence-corrected chi connectivity index (χ4v) is 1.85. The molecule has 0 heterocycles. The number of aryl methyl sites for hydroxylation is 1. The second kappa shape index (κ2) is 6.85. The fourth-order valence-electron chi connectivity index (χ4n) is 1.85. The first kappa shape index (κ1) is 12.7. The molecule has 0 aliphatic rings. The maximum atomic E-state index is 5.75. The summed E-state index contributed by atoms with van der Waals surface area (Å²) < 4.78 is 5.75. The van der Waals surface area contributed by atoms with Gasteiger partial charge < -0.3 is 4.74 Å². The Labute approximate surface area is 109 Å². The minimum atomic E-state index is 0.877. The predicted molar refractivity (Wildman–Crippen MR) is 75.9 cm³/mol. The Morgan fingerprint density at radius 1 is 0.778 bits per heavy atom. The standard InChI is InChI=1S/C17H19O/c1-2-3-5-8-15-11-13-17(14-12-15)18-16-9-6-4-7-10-16/h4,6-7,9-14H,1-3,5,8H2. The third kappa shape index (κ3) is 3.92. The average molecular weight is 239 g/mol. The van der Waals surface area contributed by atoms with E-state index in [1.54, 1.807) is 0 Å². The van der Waals surface area contributed by atoms with E-state index in [0.29, 0.717) is 0 Å². The zero-order valence-electron chi connectivity index (χ0n) is 10.6. The van der Waals surface area contributed by atoms with Gasteiger partial charge in [0.2, 0.25) is 0 Å². The summed E-state index contributed by atoms with van der Waals surface area (Å²) in [5.74, 6) is 1.77. The van der Waals surface area contributed by atoms with Gasteiger partial charge in [-0.3, -0.25) is 0 Å². The summed E-state index contributed by atoms with van der Waals surface area (Å²) in [7, 11) is 0. The van der Waals surface area contributed by atoms with Gasteiger partial charge in [0, 0.05) is 0 Å². The van der Waals surface area contributed by atoms with Crippen LogP contribution in [0.15, 0.2) is 54.6 Å². The monoisotopic (exact) mass is 239 g/mol. The van der Waals surface area contributed by atoms with Crippen LogP contribution in [0.1, 0.15) is 24.8 Å². The molecule has 0 amide bonds. The minimum Gasteiger partial charge on any atom is -0.457 e. The molecule has 2 aromatic rings. The summed E-state index contributed by atoms with van der Waals surface area (Å²) in [6.45, 7) is 3.86. The number of rotatable bonds is 6. The van der Waals surface area contributed by atoms with Crippen LogP contribution >= 0.6 is 0 Å². The van der Waals surface area contributed by atoms with Crippen molar-refractivity contribution >= 4 is 0 Å². The molecular weight excluding hydrogens is 220 g/mol. The summed E-state index contributed by atoms with van der Waals surface area (Å²) >= 11 is 0. The maximum absolute atomic E-state index is 5.75. The second-order valence-corrected chi connectivity index (χ2v) is 4.37. The van der Waals surface area contributed by atoms with Crippen LogP contribution in [0.4, 0.5) is 0 Å². The Bertz CT molecular complexity index is 445. The van der Waals surface area contributed by atoms with E-state index in [1.165, 1.54) is 18.4 Å². The van der Waals surface area contributed by atoms with Gasteiger partial charge in [-0.2, -0.15) is 0 Å². The molecule has 18 heavy (non-hydrogen) atoms. The van der Waals surface area contributed by atoms with E-state index in [0.717, 1.165) is 24.3 Å². The number of unbranched alkanes of at least 4 members (excludes halogenated alkanes) is 2. The van der Waals surface area contributed by atoms with Crippen LogP contribution in [-0.2, 0) is 6.42 Å². The third-order valence-corrected chi connectivity index (χ3v) is 2.87. The first-order chi connectivity index (χ1) is 8.88. The molecule has 0 N–H and O–H groups in total. The lowest BCUT2D eigenvalue weighted by atomic mass is 10.1. The summed E-state index contributed by atoms with van der Waals surface area (Å²) in [5, 5.41) is 0. The molecule has 0 aromatic heterocycles. The summed E-state index contributed by atoms with van der Waals surface area (Å²) in [5.41, 5.74) is 1.36. The normalized spacial score (nSPS) is 10.3. The van der Waals surface area contributed by atoms with Crippen molar-refractivity contribution in [3.05, 3.63) is 67.1 Å². The maximum Gasteiger partial charge on any atom is 0.127 e. The van der Waals surface area contributed by atoms with E-state index < -0.39 is 0 Å². The molecular formula is C17H19O. The van der Waals surface area contributed by atoms with Gasteiger partial charge in [0.1, 0.15) is 11.5 Å². The zero-order valence-corrected chi connectivity index (χ0v) is 10.6. The third-order valence-electron chi connectivity index (χ3n) is 2.87. The first-order valence-corrected chi connectivity index (χ1v) is 6.49. The van der Waals surface area contributed by atoms with Crippen LogP contribution < -0.4 is 4.74 Å². The lowest BCUT2D eigenvalue weighted by molar-refractivity contribution is 0.482. The van der Waals surface area contributed by atoms with Crippen molar-refractivity contribution in [3.63, 3.8) is 0 Å². The zero-order chi connectivity index (χ0) is 12.6. The molecule has 0 saturated carbocycles. The van der Waals surface area contributed by atoms with E-state index in [2.05, 4.69) is 19.1 Å². The number of hydrogen-bond donors (Lipinski definition) is 0. The van der Waals surface area contributed by atoms with Crippen molar-refractivity contribution in [2.24, 2.45) is 0 Å². The van der Waals surface area contributed by atoms with E-state index in [-0.39, 0.29) is 0 Å². The van der Waals surface area contributed by atoms with Gasteiger partial charge >= 0.3 is 0 Å². The van der Waals surface area contributed by atoms with Gasteiger partial charge in [-0.05, 0) is 42.7 Å². The molecule has 0 fully saturated rings. The summed E-state index contributed by atoms with van der Waals surface area (Å²) in [6, 6.07) is 18.2. The molecule has 0 aliphatic heterocycles. The molecule has 0 spiro atoms. The van der Waals surface area contributed by atoms with Crippen molar-refractivity contribution in [1.82, 2.24) is 0 Å². The molecule has 0 atom stereocenters. The van der Waals surface area contributed by atoms with Crippen molar-refractivity contribution < 1.29 is 4.74 Å². The number of para-hydroxylation sites is 1. The minimum absolute atomic E-state index is 0.877. The summed E-state index contributed by atoms with van der Waals surface area (Å²) in [6.07, 6.45) is 4.56. The Kier molecular flexibility index (Phi) is 4.83. The van der Waals surface area contributed by atoms with Crippen molar-refractivity contribution in [1.29, 1.82) is 0 Å². The summed E-state index contributed by atoms with van der Waals surface area (Å²) in [4.78, 5) is 0. The fraction of sp³-hybridized carbons (Fsp3) is 0.235. The van der Waals surface area contributed by atoms with Crippen molar-refractivity contribution in [3.8, 4) is 11.5 Å². The van der Waals surface area contributed by atoms with Gasteiger partial charge in [0.15, 0.2) is 0 Å². The molecule has 0 aliphatic carbocycles. The lowest BCUT2D eigenvalue weighted by Crippen LogP contribution is -1.87. The molecule has 1 radical (unpaired) electrons. The van der Waals surface area contributed by atoms with Crippen LogP contribution in [0.25, 0.3) is 0 Å². The van der Waals surface area contributed by atoms with E-state index in [4.69, 9.17) is 4.74 Å². The highest BCUT2D eigenvalue weighted by atomic mass is 16.5. The molecule has 0 unspecified atom stereocenters. The predicted octanol–water partition coefficient (Wildman–Crippen LogP) is 5.03. The Morgan fingerprint density at radius 2 is 1.44 bits per heavy atom. The van der Waals surface area contributed by atoms with Crippen LogP contribution in [0.5, 0.6) is 11.5 Å². The van der Waals surface area contributed by atoms with Crippen LogP contribution in [0, 0.1) is 6.92 Å². The van der Waals surface area contributed by atoms with E-state index in [1.807, 2.05) is 42.5 Å². The molecule has 0 bridgehead atoms. The van der Waals surface area contributed by atoms with Gasteiger partial charge in [-0.15, -0.1) is 0 Å². The molecule has 1 nitrogen and oxygen atoms in total. The van der Waals surface area contributed by atoms with E-state index in [9.17, 15) is 0 Å². The first-order valence-electron chi connectivity index (χ1n) is 6.49. The molecule has 1 heteroatoms. The number of ether oxygens (including phenoxy) is 1. The van der Waals surface area contributed by atoms with Crippen molar-refractivity contribution in [2.75, 3.05) is 0 Å². The van der Waals surface area contributed by atoms with Crippen LogP contribution in [0.2, 0.25) is 0 Å². The Morgan fingerprint density at radius 3 is 2.11 bits per heavy atom. The highest BCUT2D eigenvalue weighted by molar-refractivity contribution is 5.32. The largest absolute Gasteiger partial charge is 0.457 e. The Balaban J connectivity index is 1.91. The average Bonchev–Trinajstić information content (AvgIpc) is 2.42. The second-order valence-electron chi connectivity index (χ2n) is 4.37. The SMILES string of the molecule is [CH2]CCCCc1ccc(Oc2ccccc2)cc1. The van der Waals surface area contributed by atoms with Crippen molar-refractivity contribution in [2.45, 2.75) is 25.7 Å². The molecule has 2 aromatic carbocycles. The quantitative estimate of drug-likeness (QED) is 0.643. The number of hydrogen-bond acceptors (Lipinski definition) is 1. The van der Waals surface area contributed by atoms with Gasteiger partial charge in [-0.1, -0.05) is 50.1 Å². The number of benzene rings is 2. The van der Waals surface area contributed by atoms with E-state index >= 15 is 0 Å². The van der Waals surface area contributed by atoms with Crippen LogP contribution in [-0.4, -0.2) is 0 Å². The lowest BCUT2D eigenvalue weighted by Gasteiger charge is -2.06. The topological polar surface area (TPSA) is 9.23 Å². The van der Waals surface area contributed by atoms with Gasteiger partial charge in [-0.25, -0.2) is 0 Å². The molecule has 2 rings (SSSR count). The highest BCUT2D eigenvalue weighted by Crippen LogP contribution is 2.21. The van der Waals surface area contributed by atoms with Crippen LogP contribution in [0.3, 0.4) is 0 Å².